The number of nitrogen functional groups attached to an aromatic ring is 1. The standard InChI is InChI=1S/C10H9BrClNO3.C10H11BrClNO/c11-7-3-10(16-5-6-1-2-6)8(12)4-9(7)13(14)15;11-7-3-10(8(12)4-9(7)13)14-5-6-1-2-6/h3-4,6H,1-2,5H2;3-4,6H,1-2,5,13H2. The molecule has 0 aromatic heterocycles. The van der Waals surface area contributed by atoms with Gasteiger partial charge in [0.05, 0.1) is 32.7 Å². The molecule has 0 radical (unpaired) electrons. The molecule has 0 heterocycles. The van der Waals surface area contributed by atoms with Crippen LogP contribution in [-0.4, -0.2) is 18.1 Å². The predicted octanol–water partition coefficient (Wildman–Crippen LogP) is 7.27. The summed E-state index contributed by atoms with van der Waals surface area (Å²) in [5, 5.41) is 11.5. The van der Waals surface area contributed by atoms with Crippen LogP contribution in [-0.2, 0) is 0 Å². The minimum atomic E-state index is -0.485. The van der Waals surface area contributed by atoms with E-state index in [0.717, 1.165) is 17.0 Å². The molecule has 2 aromatic carbocycles. The van der Waals surface area contributed by atoms with Crippen molar-refractivity contribution in [3.8, 4) is 11.5 Å². The number of hydrogen-bond donors (Lipinski definition) is 1. The number of nitrogens with zero attached hydrogens (tertiary/aromatic N) is 1. The smallest absolute Gasteiger partial charge is 0.285 e. The zero-order chi connectivity index (χ0) is 21.8. The Balaban J connectivity index is 0.000000172. The first-order valence-electron chi connectivity index (χ1n) is 9.38. The molecule has 162 valence electrons. The van der Waals surface area contributed by atoms with Gasteiger partial charge in [-0.05, 0) is 81.5 Å². The molecule has 2 aliphatic rings. The molecule has 0 bridgehead atoms. The van der Waals surface area contributed by atoms with Crippen LogP contribution in [0.2, 0.25) is 10.0 Å². The number of nitrogens with two attached hydrogens (primary N) is 1. The van der Waals surface area contributed by atoms with Crippen molar-refractivity contribution in [1.29, 1.82) is 0 Å². The molecular weight excluding hydrogens is 563 g/mol. The molecule has 0 unspecified atom stereocenters. The quantitative estimate of drug-likeness (QED) is 0.211. The van der Waals surface area contributed by atoms with Crippen molar-refractivity contribution < 1.29 is 14.4 Å². The van der Waals surface area contributed by atoms with Crippen LogP contribution >= 0.6 is 55.1 Å². The summed E-state index contributed by atoms with van der Waals surface area (Å²) >= 11 is 18.3. The van der Waals surface area contributed by atoms with E-state index in [9.17, 15) is 10.1 Å². The number of halogens is 4. The molecule has 2 fully saturated rings. The Kier molecular flexibility index (Phi) is 8.12. The lowest BCUT2D eigenvalue weighted by Gasteiger charge is -2.08. The molecule has 0 amide bonds. The Morgan fingerprint density at radius 2 is 1.40 bits per heavy atom. The first kappa shape index (κ1) is 23.4. The van der Waals surface area contributed by atoms with Crippen LogP contribution in [0.5, 0.6) is 11.5 Å². The topological polar surface area (TPSA) is 87.6 Å². The lowest BCUT2D eigenvalue weighted by Crippen LogP contribution is -2.00. The molecule has 2 aromatic rings. The van der Waals surface area contributed by atoms with E-state index in [2.05, 4.69) is 31.9 Å². The van der Waals surface area contributed by atoms with E-state index in [-0.39, 0.29) is 10.7 Å². The fraction of sp³-hybridized carbons (Fsp3) is 0.400. The summed E-state index contributed by atoms with van der Waals surface area (Å²) < 4.78 is 12.3. The molecule has 0 atom stereocenters. The van der Waals surface area contributed by atoms with E-state index in [1.807, 2.05) is 6.07 Å². The predicted molar refractivity (Wildman–Crippen MR) is 126 cm³/mol. The highest BCUT2D eigenvalue weighted by atomic mass is 79.9. The molecule has 2 aliphatic carbocycles. The summed E-state index contributed by atoms with van der Waals surface area (Å²) in [5.74, 6) is 2.54. The Labute approximate surface area is 201 Å². The summed E-state index contributed by atoms with van der Waals surface area (Å²) in [6, 6.07) is 6.37. The monoisotopic (exact) mass is 580 g/mol. The van der Waals surface area contributed by atoms with Gasteiger partial charge in [-0.25, -0.2) is 0 Å². The third kappa shape index (κ3) is 6.90. The second-order valence-electron chi connectivity index (χ2n) is 7.30. The van der Waals surface area contributed by atoms with Gasteiger partial charge in [0.25, 0.3) is 5.69 Å². The SMILES string of the molecule is Nc1cc(Cl)c(OCC2CC2)cc1Br.O=[N+]([O-])c1cc(Cl)c(OCC2CC2)cc1Br. The summed E-state index contributed by atoms with van der Waals surface area (Å²) in [7, 11) is 0. The number of nitro groups is 1. The van der Waals surface area contributed by atoms with Crippen molar-refractivity contribution in [2.75, 3.05) is 18.9 Å². The summed E-state index contributed by atoms with van der Waals surface area (Å²) in [6.07, 6.45) is 4.92. The largest absolute Gasteiger partial charge is 0.492 e. The molecule has 6 nitrogen and oxygen atoms in total. The van der Waals surface area contributed by atoms with Gasteiger partial charge in [-0.1, -0.05) is 23.2 Å². The highest BCUT2D eigenvalue weighted by molar-refractivity contribution is 9.11. The van der Waals surface area contributed by atoms with Gasteiger partial charge in [0.15, 0.2) is 0 Å². The first-order valence-corrected chi connectivity index (χ1v) is 11.7. The average Bonchev–Trinajstić information content (AvgIpc) is 3.59. The van der Waals surface area contributed by atoms with Gasteiger partial charge in [-0.2, -0.15) is 0 Å². The minimum Gasteiger partial charge on any atom is -0.492 e. The van der Waals surface area contributed by atoms with Crippen molar-refractivity contribution in [2.45, 2.75) is 25.7 Å². The maximum absolute atomic E-state index is 10.6. The lowest BCUT2D eigenvalue weighted by atomic mass is 10.3. The molecule has 4 rings (SSSR count). The minimum absolute atomic E-state index is 0.0521. The van der Waals surface area contributed by atoms with Crippen LogP contribution in [0.15, 0.2) is 33.2 Å². The van der Waals surface area contributed by atoms with E-state index >= 15 is 0 Å². The van der Waals surface area contributed by atoms with E-state index in [0.29, 0.717) is 39.2 Å². The van der Waals surface area contributed by atoms with Crippen molar-refractivity contribution in [1.82, 2.24) is 0 Å². The van der Waals surface area contributed by atoms with Gasteiger partial charge in [-0.15, -0.1) is 0 Å². The summed E-state index contributed by atoms with van der Waals surface area (Å²) in [4.78, 5) is 10.2. The van der Waals surface area contributed by atoms with E-state index in [4.69, 9.17) is 38.4 Å². The Bertz CT molecular complexity index is 938. The highest BCUT2D eigenvalue weighted by Gasteiger charge is 2.24. The van der Waals surface area contributed by atoms with Crippen molar-refractivity contribution >= 4 is 66.4 Å². The second-order valence-corrected chi connectivity index (χ2v) is 9.83. The van der Waals surface area contributed by atoms with E-state index in [1.165, 1.54) is 31.7 Å². The maximum Gasteiger partial charge on any atom is 0.285 e. The fourth-order valence-electron chi connectivity index (χ4n) is 2.41. The van der Waals surface area contributed by atoms with E-state index in [1.54, 1.807) is 12.1 Å². The number of benzene rings is 2. The summed E-state index contributed by atoms with van der Waals surface area (Å²) in [5.41, 5.74) is 6.25. The molecule has 0 spiro atoms. The average molecular weight is 583 g/mol. The third-order valence-electron chi connectivity index (χ3n) is 4.59. The number of nitro benzene ring substituents is 1. The number of hydrogen-bond acceptors (Lipinski definition) is 5. The fourth-order valence-corrected chi connectivity index (χ4v) is 3.64. The zero-order valence-corrected chi connectivity index (χ0v) is 20.6. The van der Waals surface area contributed by atoms with Gasteiger partial charge in [-0.3, -0.25) is 10.1 Å². The van der Waals surface area contributed by atoms with Crippen LogP contribution in [0.3, 0.4) is 0 Å². The first-order chi connectivity index (χ1) is 14.2. The Morgan fingerprint density at radius 3 is 1.87 bits per heavy atom. The van der Waals surface area contributed by atoms with Gasteiger partial charge in [0.2, 0.25) is 0 Å². The molecule has 2 saturated carbocycles. The molecule has 30 heavy (non-hydrogen) atoms. The van der Waals surface area contributed by atoms with Crippen molar-refractivity contribution in [3.63, 3.8) is 0 Å². The van der Waals surface area contributed by atoms with Gasteiger partial charge in [0, 0.05) is 22.3 Å². The number of ether oxygens (including phenoxy) is 2. The highest BCUT2D eigenvalue weighted by Crippen LogP contribution is 2.38. The van der Waals surface area contributed by atoms with Crippen LogP contribution < -0.4 is 15.2 Å². The van der Waals surface area contributed by atoms with E-state index < -0.39 is 4.92 Å². The molecule has 2 N–H and O–H groups in total. The number of rotatable bonds is 7. The lowest BCUT2D eigenvalue weighted by molar-refractivity contribution is -0.385. The Hall–Kier alpha value is -1.22. The van der Waals surface area contributed by atoms with Crippen molar-refractivity contribution in [2.24, 2.45) is 11.8 Å². The summed E-state index contributed by atoms with van der Waals surface area (Å²) in [6.45, 7) is 1.39. The van der Waals surface area contributed by atoms with Gasteiger partial charge >= 0.3 is 0 Å². The second kappa shape index (κ2) is 10.4. The van der Waals surface area contributed by atoms with Gasteiger partial charge in [0.1, 0.15) is 11.5 Å². The third-order valence-corrected chi connectivity index (χ3v) is 6.50. The van der Waals surface area contributed by atoms with Crippen molar-refractivity contribution in [3.05, 3.63) is 53.4 Å². The maximum atomic E-state index is 10.6. The molecule has 0 aliphatic heterocycles. The van der Waals surface area contributed by atoms with Crippen LogP contribution in [0.1, 0.15) is 25.7 Å². The van der Waals surface area contributed by atoms with Gasteiger partial charge < -0.3 is 15.2 Å². The van der Waals surface area contributed by atoms with Crippen LogP contribution in [0.4, 0.5) is 11.4 Å². The Morgan fingerprint density at radius 1 is 0.933 bits per heavy atom. The van der Waals surface area contributed by atoms with Crippen LogP contribution in [0.25, 0.3) is 0 Å². The normalized spacial score (nSPS) is 15.2. The van der Waals surface area contributed by atoms with Crippen LogP contribution in [0, 0.1) is 22.0 Å². The molecular formula is C20H20Br2Cl2N2O4. The number of anilines is 1. The molecule has 10 heteroatoms. The molecule has 0 saturated heterocycles. The zero-order valence-electron chi connectivity index (χ0n) is 15.9.